The molecule has 0 spiro atoms. The fourth-order valence-electron chi connectivity index (χ4n) is 3.93. The minimum Gasteiger partial charge on any atom is -0.332 e. The molecule has 5 nitrogen and oxygen atoms in total. The SMILES string of the molecule is Cc1cc(C)cc(NC(=S)Nc2ccc(S(=O)(=O)N3CCCc4ccccc43)cc2)c1. The van der Waals surface area contributed by atoms with E-state index in [1.807, 2.05) is 50.2 Å². The van der Waals surface area contributed by atoms with E-state index in [0.717, 1.165) is 46.6 Å². The summed E-state index contributed by atoms with van der Waals surface area (Å²) in [6.07, 6.45) is 1.71. The Labute approximate surface area is 189 Å². The Hall–Kier alpha value is -2.90. The van der Waals surface area contributed by atoms with Crippen LogP contribution in [0, 0.1) is 13.8 Å². The number of fused-ring (bicyclic) bond motifs is 1. The Bertz CT molecular complexity index is 1200. The number of nitrogens with one attached hydrogen (secondary N) is 2. The zero-order valence-electron chi connectivity index (χ0n) is 17.6. The first kappa shape index (κ1) is 21.3. The van der Waals surface area contributed by atoms with Gasteiger partial charge in [-0.15, -0.1) is 0 Å². The molecule has 160 valence electrons. The number of nitrogens with zero attached hydrogens (tertiary/aromatic N) is 1. The molecular formula is C24H25N3O2S2. The third-order valence-electron chi connectivity index (χ3n) is 5.25. The maximum atomic E-state index is 13.3. The molecule has 0 amide bonds. The normalized spacial score (nSPS) is 13.4. The van der Waals surface area contributed by atoms with Gasteiger partial charge >= 0.3 is 0 Å². The number of hydrogen-bond acceptors (Lipinski definition) is 3. The highest BCUT2D eigenvalue weighted by Crippen LogP contribution is 2.32. The molecule has 1 aliphatic rings. The molecule has 0 bridgehead atoms. The van der Waals surface area contributed by atoms with Gasteiger partial charge in [-0.05, 0) is 98.1 Å². The molecule has 3 aromatic rings. The van der Waals surface area contributed by atoms with E-state index in [9.17, 15) is 8.42 Å². The highest BCUT2D eigenvalue weighted by molar-refractivity contribution is 7.92. The summed E-state index contributed by atoms with van der Waals surface area (Å²) in [6, 6.07) is 20.5. The number of para-hydroxylation sites is 1. The van der Waals surface area contributed by atoms with Crippen LogP contribution in [0.15, 0.2) is 71.6 Å². The standard InChI is InChI=1S/C24H25N3O2S2/c1-17-14-18(2)16-21(15-17)26-24(30)25-20-9-11-22(12-10-20)31(28,29)27-13-5-7-19-6-3-4-8-23(19)27/h3-4,6,8-12,14-16H,5,7,13H2,1-2H3,(H2,25,26,30). The lowest BCUT2D eigenvalue weighted by Crippen LogP contribution is -2.35. The predicted molar refractivity (Wildman–Crippen MR) is 131 cm³/mol. The molecular weight excluding hydrogens is 426 g/mol. The molecule has 0 fully saturated rings. The first-order chi connectivity index (χ1) is 14.8. The maximum Gasteiger partial charge on any atom is 0.264 e. The second-order valence-electron chi connectivity index (χ2n) is 7.79. The van der Waals surface area contributed by atoms with Crippen molar-refractivity contribution >= 4 is 44.4 Å². The minimum atomic E-state index is -3.62. The monoisotopic (exact) mass is 451 g/mol. The molecule has 0 saturated heterocycles. The van der Waals surface area contributed by atoms with Crippen LogP contribution in [0.4, 0.5) is 17.1 Å². The lowest BCUT2D eigenvalue weighted by atomic mass is 10.0. The summed E-state index contributed by atoms with van der Waals surface area (Å²) in [5, 5.41) is 6.74. The van der Waals surface area contributed by atoms with Crippen LogP contribution in [0.1, 0.15) is 23.1 Å². The van der Waals surface area contributed by atoms with E-state index in [0.29, 0.717) is 11.7 Å². The van der Waals surface area contributed by atoms with Crippen LogP contribution in [0.2, 0.25) is 0 Å². The number of hydrogen-bond donors (Lipinski definition) is 2. The number of benzene rings is 3. The Morgan fingerprint density at radius 1 is 0.903 bits per heavy atom. The fraction of sp³-hybridized carbons (Fsp3) is 0.208. The number of sulfonamides is 1. The molecule has 0 unspecified atom stereocenters. The van der Waals surface area contributed by atoms with Gasteiger partial charge in [0.05, 0.1) is 10.6 Å². The van der Waals surface area contributed by atoms with E-state index < -0.39 is 10.0 Å². The molecule has 1 heterocycles. The summed E-state index contributed by atoms with van der Waals surface area (Å²) in [7, 11) is -3.62. The van der Waals surface area contributed by atoms with Gasteiger partial charge in [-0.3, -0.25) is 4.31 Å². The molecule has 2 N–H and O–H groups in total. The minimum absolute atomic E-state index is 0.267. The maximum absolute atomic E-state index is 13.3. The van der Waals surface area contributed by atoms with Crippen LogP contribution in [-0.2, 0) is 16.4 Å². The smallest absolute Gasteiger partial charge is 0.264 e. The quantitative estimate of drug-likeness (QED) is 0.530. The van der Waals surface area contributed by atoms with Crippen LogP contribution in [0.5, 0.6) is 0 Å². The molecule has 31 heavy (non-hydrogen) atoms. The molecule has 3 aromatic carbocycles. The molecule has 0 atom stereocenters. The summed E-state index contributed by atoms with van der Waals surface area (Å²) in [6.45, 7) is 4.56. The van der Waals surface area contributed by atoms with E-state index in [4.69, 9.17) is 12.2 Å². The zero-order valence-corrected chi connectivity index (χ0v) is 19.2. The van der Waals surface area contributed by atoms with Crippen molar-refractivity contribution in [2.24, 2.45) is 0 Å². The van der Waals surface area contributed by atoms with Crippen molar-refractivity contribution in [1.82, 2.24) is 0 Å². The first-order valence-corrected chi connectivity index (χ1v) is 12.0. The number of rotatable bonds is 4. The van der Waals surface area contributed by atoms with E-state index in [2.05, 4.69) is 16.7 Å². The zero-order chi connectivity index (χ0) is 22.0. The molecule has 0 aromatic heterocycles. The molecule has 0 saturated carbocycles. The molecule has 7 heteroatoms. The van der Waals surface area contributed by atoms with Crippen LogP contribution in [0.25, 0.3) is 0 Å². The summed E-state index contributed by atoms with van der Waals surface area (Å²) >= 11 is 5.41. The molecule has 4 rings (SSSR count). The second-order valence-corrected chi connectivity index (χ2v) is 10.1. The van der Waals surface area contributed by atoms with Crippen LogP contribution in [0.3, 0.4) is 0 Å². The molecule has 0 aliphatic carbocycles. The topological polar surface area (TPSA) is 61.4 Å². The highest BCUT2D eigenvalue weighted by atomic mass is 32.2. The van der Waals surface area contributed by atoms with Crippen LogP contribution >= 0.6 is 12.2 Å². The predicted octanol–water partition coefficient (Wildman–Crippen LogP) is 5.25. The third kappa shape index (κ3) is 4.73. The van der Waals surface area contributed by atoms with Crippen LogP contribution < -0.4 is 14.9 Å². The Morgan fingerprint density at radius 2 is 1.55 bits per heavy atom. The van der Waals surface area contributed by atoms with Crippen molar-refractivity contribution in [2.75, 3.05) is 21.5 Å². The first-order valence-electron chi connectivity index (χ1n) is 10.2. The number of anilines is 3. The summed E-state index contributed by atoms with van der Waals surface area (Å²) in [4.78, 5) is 0.267. The number of thiocarbonyl (C=S) groups is 1. The van der Waals surface area contributed by atoms with Gasteiger partial charge in [-0.2, -0.15) is 0 Å². The lowest BCUT2D eigenvalue weighted by molar-refractivity contribution is 0.586. The summed E-state index contributed by atoms with van der Waals surface area (Å²) in [5.74, 6) is 0. The van der Waals surface area contributed by atoms with Crippen molar-refractivity contribution in [1.29, 1.82) is 0 Å². The average molecular weight is 452 g/mol. The van der Waals surface area contributed by atoms with E-state index in [1.165, 1.54) is 4.31 Å². The highest BCUT2D eigenvalue weighted by Gasteiger charge is 2.28. The average Bonchev–Trinajstić information content (AvgIpc) is 2.73. The number of aryl methyl sites for hydroxylation is 3. The molecule has 1 aliphatic heterocycles. The summed E-state index contributed by atoms with van der Waals surface area (Å²) < 4.78 is 28.0. The second kappa shape index (κ2) is 8.69. The lowest BCUT2D eigenvalue weighted by Gasteiger charge is -2.30. The summed E-state index contributed by atoms with van der Waals surface area (Å²) in [5.41, 5.74) is 5.78. The van der Waals surface area contributed by atoms with Crippen LogP contribution in [-0.4, -0.2) is 20.1 Å². The van der Waals surface area contributed by atoms with Gasteiger partial charge in [0, 0.05) is 17.9 Å². The van der Waals surface area contributed by atoms with Gasteiger partial charge < -0.3 is 10.6 Å². The van der Waals surface area contributed by atoms with Gasteiger partial charge in [0.1, 0.15) is 0 Å². The molecule has 0 radical (unpaired) electrons. The van der Waals surface area contributed by atoms with E-state index in [1.54, 1.807) is 24.3 Å². The van der Waals surface area contributed by atoms with Gasteiger partial charge in [-0.1, -0.05) is 24.3 Å². The van der Waals surface area contributed by atoms with Crippen molar-refractivity contribution in [3.63, 3.8) is 0 Å². The van der Waals surface area contributed by atoms with Crippen molar-refractivity contribution in [3.8, 4) is 0 Å². The largest absolute Gasteiger partial charge is 0.332 e. The van der Waals surface area contributed by atoms with Gasteiger partial charge in [-0.25, -0.2) is 8.42 Å². The van der Waals surface area contributed by atoms with Crippen molar-refractivity contribution in [3.05, 3.63) is 83.4 Å². The van der Waals surface area contributed by atoms with Gasteiger partial charge in [0.15, 0.2) is 5.11 Å². The van der Waals surface area contributed by atoms with Gasteiger partial charge in [0.2, 0.25) is 0 Å². The Balaban J connectivity index is 1.48. The Morgan fingerprint density at radius 3 is 2.26 bits per heavy atom. The van der Waals surface area contributed by atoms with Crippen molar-refractivity contribution < 1.29 is 8.42 Å². The van der Waals surface area contributed by atoms with E-state index in [-0.39, 0.29) is 4.90 Å². The fourth-order valence-corrected chi connectivity index (χ4v) is 5.70. The van der Waals surface area contributed by atoms with E-state index >= 15 is 0 Å². The Kier molecular flexibility index (Phi) is 5.98. The third-order valence-corrected chi connectivity index (χ3v) is 7.28. The van der Waals surface area contributed by atoms with Gasteiger partial charge in [0.25, 0.3) is 10.0 Å². The van der Waals surface area contributed by atoms with Crippen molar-refractivity contribution in [2.45, 2.75) is 31.6 Å².